The number of hydrogen-bond donors (Lipinski definition) is 7. The molecule has 0 spiro atoms. The standard InChI is InChI=1S/C36H48N3O7/c37-36-22-26(14-17-39-36)27(20-28-7-4-16-38-28)21-35(33(45)23-41)46-34-19-25(11-13-32(34)44)10-12-31(43)29-8-3-6-24(15-18-40)5-1-2-9-30(29)42/h4,7,11,13-14,16-17,19,22,24,27,29-31,33,35,40-45H,1-2,5,8-10,12,15,18,20-21,23H2,(H2,37,39)/q-1/t24-,27-,29-,30-,31+,33+,35-/m0/s1. The maximum Gasteiger partial charge on any atom is 0.161 e. The van der Waals surface area contributed by atoms with E-state index in [1.807, 2.05) is 18.2 Å². The van der Waals surface area contributed by atoms with Crippen LogP contribution in [0.15, 0.2) is 54.9 Å². The number of aromatic hydroxyl groups is 1. The smallest absolute Gasteiger partial charge is 0.161 e. The number of nitrogen functional groups attached to an aromatic ring is 1. The summed E-state index contributed by atoms with van der Waals surface area (Å²) in [5.74, 6) is 6.34. The molecular formula is C36H48N3O7-. The zero-order chi connectivity index (χ0) is 32.9. The maximum atomic E-state index is 11.1. The summed E-state index contributed by atoms with van der Waals surface area (Å²) in [6.07, 6.45) is 5.70. The van der Waals surface area contributed by atoms with Crippen LogP contribution < -0.4 is 15.5 Å². The number of anilines is 1. The molecule has 10 heteroatoms. The minimum Gasteiger partial charge on any atom is -0.668 e. The zero-order valence-corrected chi connectivity index (χ0v) is 26.3. The van der Waals surface area contributed by atoms with Gasteiger partial charge in [-0.05, 0) is 86.3 Å². The molecule has 1 aromatic carbocycles. The monoisotopic (exact) mass is 634 g/mol. The van der Waals surface area contributed by atoms with E-state index in [2.05, 4.69) is 21.8 Å². The molecule has 0 aliphatic heterocycles. The van der Waals surface area contributed by atoms with Gasteiger partial charge in [-0.2, -0.15) is 11.9 Å². The number of ether oxygens (including phenoxy) is 1. The maximum absolute atomic E-state index is 11.1. The number of aliphatic hydroxyl groups is 5. The lowest BCUT2D eigenvalue weighted by atomic mass is 9.85. The van der Waals surface area contributed by atoms with Crippen LogP contribution in [0.5, 0.6) is 11.5 Å². The number of hydrogen-bond acceptors (Lipinski definition) is 9. The van der Waals surface area contributed by atoms with E-state index in [-0.39, 0.29) is 29.9 Å². The van der Waals surface area contributed by atoms with Crippen LogP contribution in [0.2, 0.25) is 0 Å². The minimum atomic E-state index is -1.23. The van der Waals surface area contributed by atoms with Crippen molar-refractivity contribution in [3.8, 4) is 23.3 Å². The molecular weight excluding hydrogens is 586 g/mol. The molecule has 0 fully saturated rings. The molecule has 0 saturated heterocycles. The fourth-order valence-corrected chi connectivity index (χ4v) is 6.20. The van der Waals surface area contributed by atoms with Gasteiger partial charge in [-0.3, -0.25) is 0 Å². The molecule has 0 saturated carbocycles. The number of nitrogens with two attached hydrogens (primary N) is 1. The van der Waals surface area contributed by atoms with E-state index >= 15 is 0 Å². The lowest BCUT2D eigenvalue weighted by molar-refractivity contribution is -0.00843. The highest BCUT2D eigenvalue weighted by molar-refractivity contribution is 5.42. The Kier molecular flexibility index (Phi) is 13.7. The number of nitrogens with zero attached hydrogens (tertiary/aromatic N) is 2. The van der Waals surface area contributed by atoms with Crippen molar-refractivity contribution in [2.24, 2.45) is 11.8 Å². The van der Waals surface area contributed by atoms with E-state index in [0.717, 1.165) is 36.1 Å². The first-order valence-corrected chi connectivity index (χ1v) is 16.3. The van der Waals surface area contributed by atoms with Crippen LogP contribution in [0.3, 0.4) is 0 Å². The molecule has 0 amide bonds. The topological polar surface area (TPSA) is 184 Å². The highest BCUT2D eigenvalue weighted by atomic mass is 16.5. The molecule has 46 heavy (non-hydrogen) atoms. The summed E-state index contributed by atoms with van der Waals surface area (Å²) in [6, 6.07) is 12.3. The third-order valence-corrected chi connectivity index (χ3v) is 8.92. The van der Waals surface area contributed by atoms with Crippen molar-refractivity contribution in [3.63, 3.8) is 0 Å². The van der Waals surface area contributed by atoms with E-state index < -0.39 is 36.9 Å². The molecule has 7 atom stereocenters. The van der Waals surface area contributed by atoms with Crippen molar-refractivity contribution >= 4 is 5.82 Å². The van der Waals surface area contributed by atoms with Gasteiger partial charge in [0.15, 0.2) is 11.5 Å². The van der Waals surface area contributed by atoms with Crippen molar-refractivity contribution in [3.05, 3.63) is 71.7 Å². The van der Waals surface area contributed by atoms with Gasteiger partial charge < -0.3 is 46.1 Å². The molecule has 1 aliphatic carbocycles. The summed E-state index contributed by atoms with van der Waals surface area (Å²) in [7, 11) is 0. The zero-order valence-electron chi connectivity index (χ0n) is 26.3. The lowest BCUT2D eigenvalue weighted by Crippen LogP contribution is -2.36. The Bertz CT molecular complexity index is 1390. The van der Waals surface area contributed by atoms with Crippen molar-refractivity contribution in [2.45, 2.75) is 94.5 Å². The highest BCUT2D eigenvalue weighted by Crippen LogP contribution is 2.34. The van der Waals surface area contributed by atoms with Crippen LogP contribution in [0.25, 0.3) is 0 Å². The summed E-state index contributed by atoms with van der Waals surface area (Å²) in [5, 5.41) is 62.7. The van der Waals surface area contributed by atoms with Crippen molar-refractivity contribution < 1.29 is 35.4 Å². The van der Waals surface area contributed by atoms with E-state index in [0.29, 0.717) is 50.8 Å². The Morgan fingerprint density at radius 2 is 1.91 bits per heavy atom. The van der Waals surface area contributed by atoms with Crippen LogP contribution in [-0.2, 0) is 12.8 Å². The predicted molar refractivity (Wildman–Crippen MR) is 175 cm³/mol. The van der Waals surface area contributed by atoms with Crippen LogP contribution in [0, 0.1) is 23.7 Å². The summed E-state index contributed by atoms with van der Waals surface area (Å²) in [5.41, 5.74) is 8.51. The summed E-state index contributed by atoms with van der Waals surface area (Å²) in [4.78, 5) is 8.49. The Balaban J connectivity index is 1.46. The largest absolute Gasteiger partial charge is 0.668 e. The first-order chi connectivity index (χ1) is 22.3. The molecule has 3 aromatic rings. The summed E-state index contributed by atoms with van der Waals surface area (Å²) >= 11 is 0. The third-order valence-electron chi connectivity index (χ3n) is 8.92. The number of aliphatic hydroxyl groups excluding tert-OH is 5. The van der Waals surface area contributed by atoms with Crippen LogP contribution in [0.1, 0.15) is 74.1 Å². The normalized spacial score (nSPS) is 21.4. The number of phenolic OH excluding ortho intramolecular Hbond substituents is 1. The van der Waals surface area contributed by atoms with Crippen molar-refractivity contribution in [1.82, 2.24) is 9.97 Å². The van der Waals surface area contributed by atoms with E-state index in [1.54, 1.807) is 30.6 Å². The van der Waals surface area contributed by atoms with Crippen molar-refractivity contribution in [1.29, 1.82) is 0 Å². The number of rotatable bonds is 15. The van der Waals surface area contributed by atoms with Gasteiger partial charge >= 0.3 is 0 Å². The molecule has 250 valence electrons. The molecule has 0 unspecified atom stereocenters. The number of aromatic nitrogens is 2. The summed E-state index contributed by atoms with van der Waals surface area (Å²) in [6.45, 7) is -0.441. The van der Waals surface area contributed by atoms with Gasteiger partial charge in [-0.1, -0.05) is 37.0 Å². The molecule has 8 N–H and O–H groups in total. The van der Waals surface area contributed by atoms with Gasteiger partial charge in [0.2, 0.25) is 0 Å². The van der Waals surface area contributed by atoms with Gasteiger partial charge in [0.25, 0.3) is 0 Å². The van der Waals surface area contributed by atoms with Gasteiger partial charge in [0, 0.05) is 31.1 Å². The Morgan fingerprint density at radius 3 is 2.65 bits per heavy atom. The molecule has 0 radical (unpaired) electrons. The van der Waals surface area contributed by atoms with Crippen LogP contribution >= 0.6 is 0 Å². The highest BCUT2D eigenvalue weighted by Gasteiger charge is 2.28. The van der Waals surface area contributed by atoms with E-state index in [4.69, 9.17) is 10.5 Å². The molecule has 1 aliphatic rings. The quantitative estimate of drug-likeness (QED) is 0.123. The molecule has 10 nitrogen and oxygen atoms in total. The minimum absolute atomic E-state index is 0.0960. The van der Waals surface area contributed by atoms with Gasteiger partial charge in [-0.25, -0.2) is 4.98 Å². The second-order valence-electron chi connectivity index (χ2n) is 12.3. The summed E-state index contributed by atoms with van der Waals surface area (Å²) < 4.78 is 6.20. The van der Waals surface area contributed by atoms with Gasteiger partial charge in [-0.15, -0.1) is 5.92 Å². The second kappa shape index (κ2) is 17.9. The first-order valence-electron chi connectivity index (χ1n) is 16.3. The van der Waals surface area contributed by atoms with Gasteiger partial charge in [0.1, 0.15) is 18.0 Å². The van der Waals surface area contributed by atoms with Crippen LogP contribution in [0.4, 0.5) is 5.82 Å². The number of benzene rings is 1. The molecule has 2 heterocycles. The Labute approximate surface area is 271 Å². The van der Waals surface area contributed by atoms with Crippen LogP contribution in [-0.4, -0.2) is 73.3 Å². The third kappa shape index (κ3) is 10.5. The van der Waals surface area contributed by atoms with Crippen molar-refractivity contribution in [2.75, 3.05) is 18.9 Å². The van der Waals surface area contributed by atoms with E-state index in [9.17, 15) is 30.6 Å². The Morgan fingerprint density at radius 1 is 1.09 bits per heavy atom. The fraction of sp³-hybridized carbons (Fsp3) is 0.528. The number of phenols is 1. The number of pyridine rings is 1. The molecule has 2 aromatic heterocycles. The fourth-order valence-electron chi connectivity index (χ4n) is 6.20. The average molecular weight is 635 g/mol. The SMILES string of the molecule is Nc1cc([C@@H](Cc2ccc[n-]2)C[C@H](Oc2cc(CC[C@@H](O)[C@H]3CC#C[C@@H](CCO)CCCC[C@@H]3O)ccc2O)[C@H](O)CO)ccn1. The molecule has 4 rings (SSSR count). The first kappa shape index (κ1) is 35.3. The second-order valence-corrected chi connectivity index (χ2v) is 12.3. The van der Waals surface area contributed by atoms with E-state index in [1.165, 1.54) is 6.07 Å². The Hall–Kier alpha value is -3.59. The average Bonchev–Trinajstić information content (AvgIpc) is 3.57. The number of aryl methyl sites for hydroxylation is 1. The lowest BCUT2D eigenvalue weighted by Gasteiger charge is -2.29. The van der Waals surface area contributed by atoms with Gasteiger partial charge in [0.05, 0.1) is 18.8 Å². The molecule has 0 bridgehead atoms. The predicted octanol–water partition coefficient (Wildman–Crippen LogP) is 3.08.